The first kappa shape index (κ1) is 16.0. The standard InChI is InChI=1S/C21H23NO3/c1-3-4-11-22-13-14(12-19(22)23)15-9-10-18(24-2)21-20(15)16-7-5-6-8-17(16)25-21/h5-10,14H,3-4,11-13H2,1-2H3. The molecule has 0 aliphatic carbocycles. The Morgan fingerprint density at radius 2 is 2.08 bits per heavy atom. The molecule has 1 saturated heterocycles. The molecule has 1 amide bonds. The number of rotatable bonds is 5. The van der Waals surface area contributed by atoms with Gasteiger partial charge in [0.25, 0.3) is 0 Å². The first-order valence-corrected chi connectivity index (χ1v) is 8.98. The summed E-state index contributed by atoms with van der Waals surface area (Å²) in [6.45, 7) is 3.81. The molecule has 1 unspecified atom stereocenters. The molecule has 4 rings (SSSR count). The first-order valence-electron chi connectivity index (χ1n) is 8.98. The van der Waals surface area contributed by atoms with Crippen molar-refractivity contribution in [1.82, 2.24) is 4.90 Å². The van der Waals surface area contributed by atoms with E-state index in [1.54, 1.807) is 7.11 Å². The second-order valence-electron chi connectivity index (χ2n) is 6.75. The van der Waals surface area contributed by atoms with Crippen LogP contribution in [0, 0.1) is 0 Å². The van der Waals surface area contributed by atoms with E-state index in [4.69, 9.17) is 9.15 Å². The molecule has 25 heavy (non-hydrogen) atoms. The van der Waals surface area contributed by atoms with Crippen molar-refractivity contribution < 1.29 is 13.9 Å². The summed E-state index contributed by atoms with van der Waals surface area (Å²) in [5, 5.41) is 2.18. The summed E-state index contributed by atoms with van der Waals surface area (Å²) in [5.41, 5.74) is 2.82. The van der Waals surface area contributed by atoms with E-state index in [9.17, 15) is 4.79 Å². The van der Waals surface area contributed by atoms with E-state index < -0.39 is 0 Å². The predicted molar refractivity (Wildman–Crippen MR) is 99.1 cm³/mol. The van der Waals surface area contributed by atoms with Crippen molar-refractivity contribution in [2.24, 2.45) is 0 Å². The molecule has 1 atom stereocenters. The zero-order valence-electron chi connectivity index (χ0n) is 14.7. The third-order valence-electron chi connectivity index (χ3n) is 5.18. The van der Waals surface area contributed by atoms with Gasteiger partial charge in [-0.05, 0) is 24.1 Å². The minimum Gasteiger partial charge on any atom is -0.493 e. The van der Waals surface area contributed by atoms with Crippen molar-refractivity contribution in [3.8, 4) is 5.75 Å². The number of ether oxygens (including phenoxy) is 1. The van der Waals surface area contributed by atoms with Crippen molar-refractivity contribution in [3.63, 3.8) is 0 Å². The maximum absolute atomic E-state index is 12.4. The Hall–Kier alpha value is -2.49. The van der Waals surface area contributed by atoms with Gasteiger partial charge < -0.3 is 14.1 Å². The first-order chi connectivity index (χ1) is 12.2. The lowest BCUT2D eigenvalue weighted by molar-refractivity contribution is -0.127. The molecule has 0 radical (unpaired) electrons. The number of furan rings is 1. The van der Waals surface area contributed by atoms with Crippen LogP contribution in [0.5, 0.6) is 5.75 Å². The monoisotopic (exact) mass is 337 g/mol. The van der Waals surface area contributed by atoms with Crippen LogP contribution in [0.15, 0.2) is 40.8 Å². The van der Waals surface area contributed by atoms with Crippen LogP contribution in [0.2, 0.25) is 0 Å². The number of carbonyl (C=O) groups is 1. The second kappa shape index (κ2) is 6.43. The van der Waals surface area contributed by atoms with E-state index in [0.717, 1.165) is 53.6 Å². The number of benzene rings is 2. The van der Waals surface area contributed by atoms with Crippen molar-refractivity contribution >= 4 is 27.8 Å². The quantitative estimate of drug-likeness (QED) is 0.677. The fourth-order valence-corrected chi connectivity index (χ4v) is 3.88. The van der Waals surface area contributed by atoms with E-state index in [1.165, 1.54) is 5.56 Å². The zero-order chi connectivity index (χ0) is 17.4. The van der Waals surface area contributed by atoms with E-state index in [0.29, 0.717) is 6.42 Å². The lowest BCUT2D eigenvalue weighted by atomic mass is 9.93. The minimum absolute atomic E-state index is 0.207. The van der Waals surface area contributed by atoms with Crippen molar-refractivity contribution in [3.05, 3.63) is 42.0 Å². The number of fused-ring (bicyclic) bond motifs is 3. The van der Waals surface area contributed by atoms with Crippen molar-refractivity contribution in [2.45, 2.75) is 32.1 Å². The molecular formula is C21H23NO3. The highest BCUT2D eigenvalue weighted by Gasteiger charge is 2.32. The SMILES string of the molecule is CCCCN1CC(c2ccc(OC)c3oc4ccccc4c23)CC1=O. The molecule has 2 heterocycles. The molecule has 3 aromatic rings. The van der Waals surface area contributed by atoms with Crippen LogP contribution in [-0.4, -0.2) is 31.0 Å². The lowest BCUT2D eigenvalue weighted by Crippen LogP contribution is -2.26. The smallest absolute Gasteiger partial charge is 0.223 e. The fourth-order valence-electron chi connectivity index (χ4n) is 3.88. The second-order valence-corrected chi connectivity index (χ2v) is 6.75. The van der Waals surface area contributed by atoms with Gasteiger partial charge in [0.1, 0.15) is 5.58 Å². The van der Waals surface area contributed by atoms with Gasteiger partial charge in [-0.15, -0.1) is 0 Å². The third-order valence-corrected chi connectivity index (χ3v) is 5.18. The number of nitrogens with zero attached hydrogens (tertiary/aromatic N) is 1. The van der Waals surface area contributed by atoms with E-state index in [2.05, 4.69) is 19.1 Å². The molecule has 1 aromatic heterocycles. The topological polar surface area (TPSA) is 42.7 Å². The molecule has 1 aliphatic rings. The Labute approximate surface area is 147 Å². The highest BCUT2D eigenvalue weighted by atomic mass is 16.5. The Bertz CT molecular complexity index is 927. The molecule has 4 nitrogen and oxygen atoms in total. The summed E-state index contributed by atoms with van der Waals surface area (Å²) in [6.07, 6.45) is 2.74. The Morgan fingerprint density at radius 1 is 1.24 bits per heavy atom. The number of hydrogen-bond donors (Lipinski definition) is 0. The zero-order valence-corrected chi connectivity index (χ0v) is 14.7. The Kier molecular flexibility index (Phi) is 4.12. The predicted octanol–water partition coefficient (Wildman–Crippen LogP) is 4.71. The maximum Gasteiger partial charge on any atom is 0.223 e. The molecule has 1 fully saturated rings. The molecule has 0 bridgehead atoms. The summed E-state index contributed by atoms with van der Waals surface area (Å²) < 4.78 is 11.6. The summed E-state index contributed by atoms with van der Waals surface area (Å²) in [7, 11) is 1.66. The minimum atomic E-state index is 0.207. The van der Waals surface area contributed by atoms with Gasteiger partial charge in [0.2, 0.25) is 5.91 Å². The molecule has 0 spiro atoms. The largest absolute Gasteiger partial charge is 0.493 e. The summed E-state index contributed by atoms with van der Waals surface area (Å²) in [4.78, 5) is 14.4. The molecule has 4 heteroatoms. The van der Waals surface area contributed by atoms with Gasteiger partial charge >= 0.3 is 0 Å². The van der Waals surface area contributed by atoms with Gasteiger partial charge in [0, 0.05) is 36.2 Å². The fraction of sp³-hybridized carbons (Fsp3) is 0.381. The van der Waals surface area contributed by atoms with Crippen LogP contribution in [0.1, 0.15) is 37.7 Å². The van der Waals surface area contributed by atoms with Crippen LogP contribution in [-0.2, 0) is 4.79 Å². The van der Waals surface area contributed by atoms with Crippen LogP contribution in [0.3, 0.4) is 0 Å². The summed E-state index contributed by atoms with van der Waals surface area (Å²) in [6, 6.07) is 12.1. The van der Waals surface area contributed by atoms with Crippen molar-refractivity contribution in [2.75, 3.05) is 20.2 Å². The lowest BCUT2D eigenvalue weighted by Gasteiger charge is -2.17. The molecule has 0 N–H and O–H groups in total. The van der Waals surface area contributed by atoms with Gasteiger partial charge in [-0.1, -0.05) is 37.6 Å². The molecule has 1 aliphatic heterocycles. The molecule has 130 valence electrons. The summed E-state index contributed by atoms with van der Waals surface area (Å²) in [5.74, 6) is 1.20. The number of para-hydroxylation sites is 1. The number of hydrogen-bond acceptors (Lipinski definition) is 3. The van der Waals surface area contributed by atoms with Gasteiger partial charge in [0.15, 0.2) is 11.3 Å². The number of unbranched alkanes of at least 4 members (excludes halogenated alkanes) is 1. The average molecular weight is 337 g/mol. The Balaban J connectivity index is 1.81. The average Bonchev–Trinajstić information content (AvgIpc) is 3.20. The number of carbonyl (C=O) groups excluding carboxylic acids is 1. The third kappa shape index (κ3) is 2.66. The van der Waals surface area contributed by atoms with Crippen LogP contribution in [0.4, 0.5) is 0 Å². The highest BCUT2D eigenvalue weighted by molar-refractivity contribution is 6.09. The van der Waals surface area contributed by atoms with E-state index >= 15 is 0 Å². The van der Waals surface area contributed by atoms with Gasteiger partial charge in [-0.25, -0.2) is 0 Å². The van der Waals surface area contributed by atoms with Gasteiger partial charge in [0.05, 0.1) is 7.11 Å². The van der Waals surface area contributed by atoms with Crippen LogP contribution < -0.4 is 4.74 Å². The summed E-state index contributed by atoms with van der Waals surface area (Å²) >= 11 is 0. The van der Waals surface area contributed by atoms with Crippen LogP contribution in [0.25, 0.3) is 21.9 Å². The number of amides is 1. The molecule has 2 aromatic carbocycles. The number of likely N-dealkylation sites (tertiary alicyclic amines) is 1. The van der Waals surface area contributed by atoms with Crippen LogP contribution >= 0.6 is 0 Å². The Morgan fingerprint density at radius 3 is 2.88 bits per heavy atom. The van der Waals surface area contributed by atoms with Gasteiger partial charge in [-0.3, -0.25) is 4.79 Å². The molecular weight excluding hydrogens is 314 g/mol. The molecule has 0 saturated carbocycles. The van der Waals surface area contributed by atoms with E-state index in [1.807, 2.05) is 29.2 Å². The normalized spacial score (nSPS) is 17.8. The van der Waals surface area contributed by atoms with E-state index in [-0.39, 0.29) is 11.8 Å². The number of methoxy groups -OCH3 is 1. The highest BCUT2D eigenvalue weighted by Crippen LogP contribution is 2.41. The van der Waals surface area contributed by atoms with Gasteiger partial charge in [-0.2, -0.15) is 0 Å². The van der Waals surface area contributed by atoms with Crippen molar-refractivity contribution in [1.29, 1.82) is 0 Å². The maximum atomic E-state index is 12.4.